The third-order valence-electron chi connectivity index (χ3n) is 3.52. The first-order valence-electron chi connectivity index (χ1n) is 6.32. The summed E-state index contributed by atoms with van der Waals surface area (Å²) in [5, 5.41) is 20.7. The Kier molecular flexibility index (Phi) is 4.17. The molecule has 8 nitrogen and oxygen atoms in total. The van der Waals surface area contributed by atoms with Crippen LogP contribution in [0.3, 0.4) is 0 Å². The molecule has 0 unspecified atom stereocenters. The van der Waals surface area contributed by atoms with E-state index in [9.17, 15) is 23.6 Å². The van der Waals surface area contributed by atoms with Gasteiger partial charge in [0.2, 0.25) is 10.0 Å². The number of benzene rings is 1. The van der Waals surface area contributed by atoms with Gasteiger partial charge in [0.15, 0.2) is 0 Å². The van der Waals surface area contributed by atoms with Crippen molar-refractivity contribution >= 4 is 15.7 Å². The van der Waals surface area contributed by atoms with Crippen molar-refractivity contribution in [3.05, 3.63) is 28.3 Å². The number of nitrogens with one attached hydrogen (secondary N) is 1. The number of rotatable bonds is 6. The van der Waals surface area contributed by atoms with Gasteiger partial charge < -0.3 is 9.84 Å². The number of nitro benzene ring substituents is 1. The molecule has 2 N–H and O–H groups in total. The molecule has 21 heavy (non-hydrogen) atoms. The first-order chi connectivity index (χ1) is 9.77. The molecule has 0 atom stereocenters. The van der Waals surface area contributed by atoms with Crippen molar-refractivity contribution in [3.8, 4) is 5.75 Å². The Morgan fingerprint density at radius 1 is 1.48 bits per heavy atom. The standard InChI is InChI=1S/C12H16N2O6S/c1-20-10-4-3-9(14(16)17)7-11(10)21(18,19)13-8-12(15)5-2-6-12/h3-4,7,13,15H,2,5-6,8H2,1H3. The Labute approximate surface area is 121 Å². The second-order valence-electron chi connectivity index (χ2n) is 4.99. The lowest BCUT2D eigenvalue weighted by atomic mass is 9.81. The fourth-order valence-electron chi connectivity index (χ4n) is 2.06. The molecule has 2 rings (SSSR count). The van der Waals surface area contributed by atoms with Crippen molar-refractivity contribution in [2.24, 2.45) is 0 Å². The third-order valence-corrected chi connectivity index (χ3v) is 4.95. The zero-order valence-electron chi connectivity index (χ0n) is 11.4. The number of ether oxygens (including phenoxy) is 1. The summed E-state index contributed by atoms with van der Waals surface area (Å²) in [6.45, 7) is -0.124. The van der Waals surface area contributed by atoms with E-state index in [0.717, 1.165) is 18.6 Å². The maximum absolute atomic E-state index is 12.2. The number of non-ortho nitro benzene ring substituents is 1. The highest BCUT2D eigenvalue weighted by Gasteiger charge is 2.36. The van der Waals surface area contributed by atoms with Crippen LogP contribution in [0.1, 0.15) is 19.3 Å². The van der Waals surface area contributed by atoms with Crippen LogP contribution in [0.4, 0.5) is 5.69 Å². The molecule has 0 saturated heterocycles. The van der Waals surface area contributed by atoms with Gasteiger partial charge in [-0.3, -0.25) is 10.1 Å². The second-order valence-corrected chi connectivity index (χ2v) is 6.73. The molecule has 0 heterocycles. The maximum atomic E-state index is 12.2. The fraction of sp³-hybridized carbons (Fsp3) is 0.500. The minimum Gasteiger partial charge on any atom is -0.495 e. The van der Waals surface area contributed by atoms with Crippen LogP contribution in [0.25, 0.3) is 0 Å². The van der Waals surface area contributed by atoms with Gasteiger partial charge in [-0.15, -0.1) is 0 Å². The zero-order chi connectivity index (χ0) is 15.7. The van der Waals surface area contributed by atoms with Gasteiger partial charge in [-0.2, -0.15) is 0 Å². The van der Waals surface area contributed by atoms with E-state index in [1.807, 2.05) is 0 Å². The number of hydrogen-bond donors (Lipinski definition) is 2. The summed E-state index contributed by atoms with van der Waals surface area (Å²) in [4.78, 5) is 9.76. The van der Waals surface area contributed by atoms with Gasteiger partial charge in [-0.25, -0.2) is 13.1 Å². The van der Waals surface area contributed by atoms with Crippen LogP contribution in [0.2, 0.25) is 0 Å². The molecular weight excluding hydrogens is 300 g/mol. The summed E-state index contributed by atoms with van der Waals surface area (Å²) in [6, 6.07) is 3.33. The zero-order valence-corrected chi connectivity index (χ0v) is 12.2. The molecule has 0 amide bonds. The molecule has 116 valence electrons. The largest absolute Gasteiger partial charge is 0.495 e. The van der Waals surface area contributed by atoms with Crippen molar-refractivity contribution in [3.63, 3.8) is 0 Å². The molecule has 1 aliphatic rings. The summed E-state index contributed by atoms with van der Waals surface area (Å²) < 4.78 is 31.7. The lowest BCUT2D eigenvalue weighted by Crippen LogP contribution is -2.47. The Balaban J connectivity index is 2.29. The SMILES string of the molecule is COc1ccc([N+](=O)[O-])cc1S(=O)(=O)NCC1(O)CCC1. The van der Waals surface area contributed by atoms with E-state index < -0.39 is 20.5 Å². The normalized spacial score (nSPS) is 17.0. The van der Waals surface area contributed by atoms with Crippen LogP contribution in [-0.4, -0.2) is 37.7 Å². The summed E-state index contributed by atoms with van der Waals surface area (Å²) >= 11 is 0. The number of nitrogens with zero attached hydrogens (tertiary/aromatic N) is 1. The van der Waals surface area contributed by atoms with E-state index in [-0.39, 0.29) is 22.9 Å². The van der Waals surface area contributed by atoms with E-state index in [0.29, 0.717) is 12.8 Å². The minimum atomic E-state index is -4.01. The van der Waals surface area contributed by atoms with Crippen LogP contribution in [0.15, 0.2) is 23.1 Å². The summed E-state index contributed by atoms with van der Waals surface area (Å²) in [6.07, 6.45) is 1.90. The van der Waals surface area contributed by atoms with Crippen molar-refractivity contribution < 1.29 is 23.2 Å². The van der Waals surface area contributed by atoms with Gasteiger partial charge in [-0.1, -0.05) is 0 Å². The van der Waals surface area contributed by atoms with Gasteiger partial charge >= 0.3 is 0 Å². The number of hydrogen-bond acceptors (Lipinski definition) is 6. The highest BCUT2D eigenvalue weighted by molar-refractivity contribution is 7.89. The molecule has 1 aromatic rings. The molecule has 0 bridgehead atoms. The molecule has 0 radical (unpaired) electrons. The fourth-order valence-corrected chi connectivity index (χ4v) is 3.36. The molecule has 1 aromatic carbocycles. The quantitative estimate of drug-likeness (QED) is 0.592. The van der Waals surface area contributed by atoms with Crippen LogP contribution >= 0.6 is 0 Å². The number of methoxy groups -OCH3 is 1. The molecule has 9 heteroatoms. The smallest absolute Gasteiger partial charge is 0.271 e. The van der Waals surface area contributed by atoms with Crippen LogP contribution in [0, 0.1) is 10.1 Å². The Morgan fingerprint density at radius 3 is 2.62 bits per heavy atom. The monoisotopic (exact) mass is 316 g/mol. The summed E-state index contributed by atoms with van der Waals surface area (Å²) in [7, 11) is -2.73. The highest BCUT2D eigenvalue weighted by Crippen LogP contribution is 2.32. The number of sulfonamides is 1. The third kappa shape index (κ3) is 3.31. The first kappa shape index (κ1) is 15.7. The van der Waals surface area contributed by atoms with E-state index in [1.54, 1.807) is 0 Å². The molecule has 1 aliphatic carbocycles. The number of nitro groups is 1. The van der Waals surface area contributed by atoms with E-state index in [2.05, 4.69) is 4.72 Å². The first-order valence-corrected chi connectivity index (χ1v) is 7.80. The van der Waals surface area contributed by atoms with E-state index in [1.165, 1.54) is 13.2 Å². The Hall–Kier alpha value is -1.71. The molecular formula is C12H16N2O6S. The van der Waals surface area contributed by atoms with Crippen LogP contribution in [0.5, 0.6) is 5.75 Å². The molecule has 1 fully saturated rings. The average molecular weight is 316 g/mol. The maximum Gasteiger partial charge on any atom is 0.271 e. The molecule has 0 spiro atoms. The second kappa shape index (κ2) is 5.58. The average Bonchev–Trinajstić information content (AvgIpc) is 2.42. The summed E-state index contributed by atoms with van der Waals surface area (Å²) in [5.41, 5.74) is -1.38. The molecule has 0 aromatic heterocycles. The minimum absolute atomic E-state index is 0.00805. The van der Waals surface area contributed by atoms with Crippen molar-refractivity contribution in [1.82, 2.24) is 4.72 Å². The van der Waals surface area contributed by atoms with Gasteiger partial charge in [0.25, 0.3) is 5.69 Å². The van der Waals surface area contributed by atoms with Crippen LogP contribution < -0.4 is 9.46 Å². The highest BCUT2D eigenvalue weighted by atomic mass is 32.2. The van der Waals surface area contributed by atoms with Gasteiger partial charge in [0.1, 0.15) is 10.6 Å². The van der Waals surface area contributed by atoms with Crippen molar-refractivity contribution in [2.45, 2.75) is 29.8 Å². The van der Waals surface area contributed by atoms with Gasteiger partial charge in [0, 0.05) is 18.7 Å². The molecule has 0 aliphatic heterocycles. The van der Waals surface area contributed by atoms with Crippen molar-refractivity contribution in [1.29, 1.82) is 0 Å². The van der Waals surface area contributed by atoms with Crippen LogP contribution in [-0.2, 0) is 10.0 Å². The number of aliphatic hydroxyl groups is 1. The Morgan fingerprint density at radius 2 is 2.14 bits per heavy atom. The predicted octanol–water partition coefficient (Wildman–Crippen LogP) is 0.797. The molecule has 1 saturated carbocycles. The summed E-state index contributed by atoms with van der Waals surface area (Å²) in [5.74, 6) is 0.00805. The Bertz CT molecular complexity index is 654. The lowest BCUT2D eigenvalue weighted by Gasteiger charge is -2.36. The lowest BCUT2D eigenvalue weighted by molar-refractivity contribution is -0.385. The van der Waals surface area contributed by atoms with Crippen molar-refractivity contribution in [2.75, 3.05) is 13.7 Å². The van der Waals surface area contributed by atoms with Gasteiger partial charge in [0.05, 0.1) is 17.6 Å². The van der Waals surface area contributed by atoms with E-state index in [4.69, 9.17) is 4.74 Å². The van der Waals surface area contributed by atoms with E-state index >= 15 is 0 Å². The predicted molar refractivity (Wildman–Crippen MR) is 73.6 cm³/mol. The van der Waals surface area contributed by atoms with Gasteiger partial charge in [-0.05, 0) is 25.3 Å². The topological polar surface area (TPSA) is 119 Å².